The van der Waals surface area contributed by atoms with Crippen LogP contribution in [-0.2, 0) is 4.79 Å². The molecule has 0 bridgehead atoms. The Bertz CT molecular complexity index is 467. The lowest BCUT2D eigenvalue weighted by molar-refractivity contribution is -0.129. The lowest BCUT2D eigenvalue weighted by Crippen LogP contribution is -2.28. The van der Waals surface area contributed by atoms with Crippen LogP contribution in [0.2, 0.25) is 0 Å². The standard InChI is InChI=1S/C15H22N2OS/c1-11(18)17-10-6-8-13(17)12-7-5-9-16-14(12)19-15(2,3)4/h5,7,9,13H,6,8,10H2,1-4H3/t13-/m0/s1. The normalized spacial score (nSPS) is 19.8. The number of thioether (sulfide) groups is 1. The predicted octanol–water partition coefficient (Wildman–Crippen LogP) is 3.66. The van der Waals surface area contributed by atoms with Gasteiger partial charge in [0, 0.05) is 30.0 Å². The van der Waals surface area contributed by atoms with Gasteiger partial charge >= 0.3 is 0 Å². The van der Waals surface area contributed by atoms with Crippen LogP contribution in [-0.4, -0.2) is 27.1 Å². The van der Waals surface area contributed by atoms with Crippen molar-refractivity contribution in [3.63, 3.8) is 0 Å². The van der Waals surface area contributed by atoms with Gasteiger partial charge < -0.3 is 4.90 Å². The number of hydrogen-bond acceptors (Lipinski definition) is 3. The fourth-order valence-electron chi connectivity index (χ4n) is 2.50. The molecule has 1 saturated heterocycles. The SMILES string of the molecule is CC(=O)N1CCC[C@H]1c1cccnc1SC(C)(C)C. The maximum Gasteiger partial charge on any atom is 0.219 e. The summed E-state index contributed by atoms with van der Waals surface area (Å²) < 4.78 is 0.128. The fraction of sp³-hybridized carbons (Fsp3) is 0.600. The lowest BCUT2D eigenvalue weighted by Gasteiger charge is -2.26. The summed E-state index contributed by atoms with van der Waals surface area (Å²) in [5, 5.41) is 1.06. The number of carbonyl (C=O) groups excluding carboxylic acids is 1. The molecule has 3 nitrogen and oxygen atoms in total. The second kappa shape index (κ2) is 5.53. The molecule has 104 valence electrons. The highest BCUT2D eigenvalue weighted by Crippen LogP contribution is 2.39. The van der Waals surface area contributed by atoms with Crippen LogP contribution in [0.4, 0.5) is 0 Å². The van der Waals surface area contributed by atoms with Crippen LogP contribution < -0.4 is 0 Å². The number of hydrogen-bond donors (Lipinski definition) is 0. The van der Waals surface area contributed by atoms with Gasteiger partial charge in [-0.05, 0) is 18.9 Å². The highest BCUT2D eigenvalue weighted by atomic mass is 32.2. The lowest BCUT2D eigenvalue weighted by atomic mass is 10.1. The van der Waals surface area contributed by atoms with Gasteiger partial charge in [0.25, 0.3) is 0 Å². The minimum absolute atomic E-state index is 0.128. The minimum atomic E-state index is 0.128. The molecule has 0 saturated carbocycles. The molecule has 0 unspecified atom stereocenters. The fourth-order valence-corrected chi connectivity index (χ4v) is 3.51. The first-order valence-electron chi connectivity index (χ1n) is 6.79. The number of rotatable bonds is 2. The quantitative estimate of drug-likeness (QED) is 0.774. The summed E-state index contributed by atoms with van der Waals surface area (Å²) in [6, 6.07) is 4.29. The second-order valence-electron chi connectivity index (χ2n) is 5.98. The average Bonchev–Trinajstić information content (AvgIpc) is 2.76. The molecule has 0 radical (unpaired) electrons. The third-order valence-corrected chi connectivity index (χ3v) is 4.37. The van der Waals surface area contributed by atoms with E-state index in [9.17, 15) is 4.79 Å². The molecule has 1 aromatic rings. The maximum atomic E-state index is 11.7. The van der Waals surface area contributed by atoms with Crippen molar-refractivity contribution in [3.8, 4) is 0 Å². The number of pyridine rings is 1. The van der Waals surface area contributed by atoms with Crippen LogP contribution >= 0.6 is 11.8 Å². The molecular weight excluding hydrogens is 256 g/mol. The number of likely N-dealkylation sites (tertiary alicyclic amines) is 1. The van der Waals surface area contributed by atoms with E-state index in [1.54, 1.807) is 18.7 Å². The Morgan fingerprint density at radius 2 is 2.21 bits per heavy atom. The molecule has 0 spiro atoms. The predicted molar refractivity (Wildman–Crippen MR) is 79.2 cm³/mol. The van der Waals surface area contributed by atoms with Crippen molar-refractivity contribution in [2.24, 2.45) is 0 Å². The Kier molecular flexibility index (Phi) is 4.19. The van der Waals surface area contributed by atoms with E-state index >= 15 is 0 Å². The van der Waals surface area contributed by atoms with E-state index in [2.05, 4.69) is 31.8 Å². The van der Waals surface area contributed by atoms with Crippen LogP contribution in [0.3, 0.4) is 0 Å². The van der Waals surface area contributed by atoms with Crippen molar-refractivity contribution < 1.29 is 4.79 Å². The summed E-state index contributed by atoms with van der Waals surface area (Å²) in [6.07, 6.45) is 3.96. The van der Waals surface area contributed by atoms with Crippen LogP contribution in [0.1, 0.15) is 52.1 Å². The molecule has 0 N–H and O–H groups in total. The third kappa shape index (κ3) is 3.50. The number of aromatic nitrogens is 1. The van der Waals surface area contributed by atoms with Crippen LogP contribution in [0.25, 0.3) is 0 Å². The molecule has 1 fully saturated rings. The Morgan fingerprint density at radius 3 is 2.84 bits per heavy atom. The second-order valence-corrected chi connectivity index (χ2v) is 7.80. The largest absolute Gasteiger partial charge is 0.336 e. The van der Waals surface area contributed by atoms with Crippen molar-refractivity contribution in [1.82, 2.24) is 9.88 Å². The summed E-state index contributed by atoms with van der Waals surface area (Å²) in [5.74, 6) is 0.165. The van der Waals surface area contributed by atoms with Gasteiger partial charge in [0.15, 0.2) is 0 Å². The van der Waals surface area contributed by atoms with Crippen molar-refractivity contribution >= 4 is 17.7 Å². The summed E-state index contributed by atoms with van der Waals surface area (Å²) in [6.45, 7) is 9.09. The van der Waals surface area contributed by atoms with Gasteiger partial charge in [0.1, 0.15) is 5.03 Å². The van der Waals surface area contributed by atoms with E-state index < -0.39 is 0 Å². The molecule has 1 aliphatic heterocycles. The minimum Gasteiger partial charge on any atom is -0.336 e. The average molecular weight is 278 g/mol. The first-order chi connectivity index (χ1) is 8.88. The van der Waals surface area contributed by atoms with Crippen molar-refractivity contribution in [3.05, 3.63) is 23.9 Å². The van der Waals surface area contributed by atoms with E-state index in [0.29, 0.717) is 0 Å². The highest BCUT2D eigenvalue weighted by molar-refractivity contribution is 8.00. The molecule has 1 amide bonds. The molecule has 0 aromatic carbocycles. The molecule has 4 heteroatoms. The van der Waals surface area contributed by atoms with E-state index in [1.807, 2.05) is 17.2 Å². The van der Waals surface area contributed by atoms with Gasteiger partial charge in [-0.15, -0.1) is 11.8 Å². The number of amides is 1. The van der Waals surface area contributed by atoms with Crippen molar-refractivity contribution in [1.29, 1.82) is 0 Å². The zero-order valence-corrected chi connectivity index (χ0v) is 13.0. The molecular formula is C15H22N2OS. The zero-order valence-electron chi connectivity index (χ0n) is 12.1. The van der Waals surface area contributed by atoms with Crippen molar-refractivity contribution in [2.45, 2.75) is 56.4 Å². The van der Waals surface area contributed by atoms with Crippen LogP contribution in [0.15, 0.2) is 23.4 Å². The monoisotopic (exact) mass is 278 g/mol. The molecule has 1 aromatic heterocycles. The Labute approximate surface area is 119 Å². The van der Waals surface area contributed by atoms with Crippen molar-refractivity contribution in [2.75, 3.05) is 6.54 Å². The molecule has 1 atom stereocenters. The first-order valence-corrected chi connectivity index (χ1v) is 7.61. The van der Waals surface area contributed by atoms with Gasteiger partial charge in [0.05, 0.1) is 6.04 Å². The highest BCUT2D eigenvalue weighted by Gasteiger charge is 2.30. The molecule has 19 heavy (non-hydrogen) atoms. The Morgan fingerprint density at radius 1 is 1.47 bits per heavy atom. The summed E-state index contributed by atoms with van der Waals surface area (Å²) in [7, 11) is 0. The van der Waals surface area contributed by atoms with E-state index in [-0.39, 0.29) is 16.7 Å². The smallest absolute Gasteiger partial charge is 0.219 e. The van der Waals surface area contributed by atoms with E-state index in [1.165, 1.54) is 5.56 Å². The van der Waals surface area contributed by atoms with Gasteiger partial charge in [-0.2, -0.15) is 0 Å². The van der Waals surface area contributed by atoms with Gasteiger partial charge in [-0.25, -0.2) is 4.98 Å². The first kappa shape index (κ1) is 14.4. The number of carbonyl (C=O) groups is 1. The van der Waals surface area contributed by atoms with Crippen LogP contribution in [0, 0.1) is 0 Å². The van der Waals surface area contributed by atoms with E-state index in [0.717, 1.165) is 24.4 Å². The summed E-state index contributed by atoms with van der Waals surface area (Å²) in [5.41, 5.74) is 1.20. The topological polar surface area (TPSA) is 33.2 Å². The molecule has 1 aliphatic rings. The maximum absolute atomic E-state index is 11.7. The van der Waals surface area contributed by atoms with Gasteiger partial charge in [-0.1, -0.05) is 26.8 Å². The Balaban J connectivity index is 2.31. The van der Waals surface area contributed by atoms with E-state index in [4.69, 9.17) is 0 Å². The third-order valence-electron chi connectivity index (χ3n) is 3.22. The summed E-state index contributed by atoms with van der Waals surface area (Å²) >= 11 is 1.78. The van der Waals surface area contributed by atoms with Gasteiger partial charge in [-0.3, -0.25) is 4.79 Å². The number of nitrogens with zero attached hydrogens (tertiary/aromatic N) is 2. The zero-order chi connectivity index (χ0) is 14.0. The summed E-state index contributed by atoms with van der Waals surface area (Å²) in [4.78, 5) is 18.2. The Hall–Kier alpha value is -1.03. The molecule has 2 rings (SSSR count). The molecule has 0 aliphatic carbocycles. The van der Waals surface area contributed by atoms with Gasteiger partial charge in [0.2, 0.25) is 5.91 Å². The molecule has 2 heterocycles. The van der Waals surface area contributed by atoms with Crippen LogP contribution in [0.5, 0.6) is 0 Å².